The second-order valence-electron chi connectivity index (χ2n) is 5.12. The highest BCUT2D eigenvalue weighted by Gasteiger charge is 2.23. The predicted octanol–water partition coefficient (Wildman–Crippen LogP) is 4.36. The Hall–Kier alpha value is -3.45. The maximum atomic E-state index is 12.7. The molecule has 24 heavy (non-hydrogen) atoms. The first kappa shape index (κ1) is 15.4. The number of carbonyl (C=O) groups excluding carboxylic acids is 1. The van der Waals surface area contributed by atoms with E-state index in [0.717, 1.165) is 0 Å². The zero-order valence-electron chi connectivity index (χ0n) is 12.8. The second-order valence-corrected chi connectivity index (χ2v) is 5.12. The predicted molar refractivity (Wildman–Crippen MR) is 89.9 cm³/mol. The second kappa shape index (κ2) is 7.21. The molecule has 1 aromatic heterocycles. The number of aromatic nitrogens is 1. The van der Waals surface area contributed by atoms with E-state index in [9.17, 15) is 10.1 Å². The lowest BCUT2D eigenvalue weighted by Gasteiger charge is -2.10. The maximum absolute atomic E-state index is 12.7. The molecule has 0 bridgehead atoms. The van der Waals surface area contributed by atoms with Crippen molar-refractivity contribution in [3.8, 4) is 17.6 Å². The first-order chi connectivity index (χ1) is 11.8. The Labute approximate surface area is 140 Å². The van der Waals surface area contributed by atoms with Gasteiger partial charge >= 0.3 is 0 Å². The average molecular weight is 314 g/mol. The number of para-hydroxylation sites is 1. The lowest BCUT2D eigenvalue weighted by atomic mass is 9.95. The molecule has 3 aromatic rings. The SMILES string of the molecule is N#C[C@@H](C(=O)c1cccc(Oc2ccccc2)c1)c1ccccn1. The number of nitriles is 1. The Kier molecular flexibility index (Phi) is 4.64. The third-order valence-corrected chi connectivity index (χ3v) is 3.47. The quantitative estimate of drug-likeness (QED) is 0.656. The van der Waals surface area contributed by atoms with Crippen molar-refractivity contribution >= 4 is 5.78 Å². The molecular weight excluding hydrogens is 300 g/mol. The minimum absolute atomic E-state index is 0.297. The van der Waals surface area contributed by atoms with Gasteiger partial charge in [-0.3, -0.25) is 9.78 Å². The van der Waals surface area contributed by atoms with E-state index in [2.05, 4.69) is 4.98 Å². The van der Waals surface area contributed by atoms with Crippen LogP contribution in [0.1, 0.15) is 22.0 Å². The van der Waals surface area contributed by atoms with E-state index >= 15 is 0 Å². The first-order valence-electron chi connectivity index (χ1n) is 7.45. The van der Waals surface area contributed by atoms with E-state index in [1.165, 1.54) is 0 Å². The van der Waals surface area contributed by atoms with E-state index in [4.69, 9.17) is 4.74 Å². The summed E-state index contributed by atoms with van der Waals surface area (Å²) >= 11 is 0. The molecule has 0 N–H and O–H groups in total. The Morgan fingerprint density at radius 1 is 0.958 bits per heavy atom. The molecule has 2 aromatic carbocycles. The van der Waals surface area contributed by atoms with Crippen molar-refractivity contribution in [3.63, 3.8) is 0 Å². The molecule has 0 saturated carbocycles. The van der Waals surface area contributed by atoms with Gasteiger partial charge in [0, 0.05) is 11.8 Å². The van der Waals surface area contributed by atoms with Crippen LogP contribution in [0, 0.1) is 11.3 Å². The topological polar surface area (TPSA) is 63.0 Å². The summed E-state index contributed by atoms with van der Waals surface area (Å²) in [4.78, 5) is 16.8. The van der Waals surface area contributed by atoms with Gasteiger partial charge in [0.1, 0.15) is 11.5 Å². The lowest BCUT2D eigenvalue weighted by molar-refractivity contribution is 0.0977. The van der Waals surface area contributed by atoms with Crippen LogP contribution < -0.4 is 4.74 Å². The standard InChI is InChI=1S/C20H14N2O2/c21-14-18(19-11-4-5-12-22-19)20(23)15-7-6-10-17(13-15)24-16-8-2-1-3-9-16/h1-13,18H/t18-/m1/s1. The zero-order chi connectivity index (χ0) is 16.8. The highest BCUT2D eigenvalue weighted by molar-refractivity contribution is 6.02. The average Bonchev–Trinajstić information content (AvgIpc) is 2.64. The van der Waals surface area contributed by atoms with Crippen molar-refractivity contribution in [3.05, 3.63) is 90.3 Å². The summed E-state index contributed by atoms with van der Waals surface area (Å²) in [5.74, 6) is 0.00121. The van der Waals surface area contributed by atoms with Crippen LogP contribution in [0.15, 0.2) is 79.0 Å². The van der Waals surface area contributed by atoms with Crippen LogP contribution in [0.4, 0.5) is 0 Å². The zero-order valence-corrected chi connectivity index (χ0v) is 12.8. The molecule has 4 heteroatoms. The number of nitrogens with zero attached hydrogens (tertiary/aromatic N) is 2. The molecule has 116 valence electrons. The smallest absolute Gasteiger partial charge is 0.186 e. The Bertz CT molecular complexity index is 871. The van der Waals surface area contributed by atoms with Gasteiger partial charge in [-0.15, -0.1) is 0 Å². The fourth-order valence-corrected chi connectivity index (χ4v) is 2.31. The normalized spacial score (nSPS) is 11.3. The summed E-state index contributed by atoms with van der Waals surface area (Å²) in [5, 5.41) is 9.37. The van der Waals surface area contributed by atoms with Crippen LogP contribution in [-0.2, 0) is 0 Å². The minimum Gasteiger partial charge on any atom is -0.457 e. The van der Waals surface area contributed by atoms with Crippen LogP contribution in [0.5, 0.6) is 11.5 Å². The van der Waals surface area contributed by atoms with Crippen molar-refractivity contribution in [2.45, 2.75) is 5.92 Å². The molecule has 1 atom stereocenters. The van der Waals surface area contributed by atoms with Gasteiger partial charge in [0.2, 0.25) is 0 Å². The molecular formula is C20H14N2O2. The molecule has 0 fully saturated rings. The summed E-state index contributed by atoms with van der Waals surface area (Å²) < 4.78 is 5.74. The summed E-state index contributed by atoms with van der Waals surface area (Å²) in [5.41, 5.74) is 0.861. The van der Waals surface area contributed by atoms with E-state index in [1.807, 2.05) is 36.4 Å². The summed E-state index contributed by atoms with van der Waals surface area (Å²) in [6.45, 7) is 0. The van der Waals surface area contributed by atoms with Gasteiger partial charge in [-0.25, -0.2) is 0 Å². The third kappa shape index (κ3) is 3.47. The molecule has 0 aliphatic heterocycles. The number of rotatable bonds is 5. The molecule has 0 spiro atoms. The van der Waals surface area contributed by atoms with Crippen molar-refractivity contribution in [2.75, 3.05) is 0 Å². The van der Waals surface area contributed by atoms with Gasteiger partial charge < -0.3 is 4.74 Å². The molecule has 1 heterocycles. The highest BCUT2D eigenvalue weighted by Crippen LogP contribution is 2.25. The Morgan fingerprint density at radius 3 is 2.42 bits per heavy atom. The molecule has 3 rings (SSSR count). The number of hydrogen-bond donors (Lipinski definition) is 0. The number of ether oxygens (including phenoxy) is 1. The minimum atomic E-state index is -0.932. The van der Waals surface area contributed by atoms with E-state index in [-0.39, 0.29) is 5.78 Å². The molecule has 0 amide bonds. The van der Waals surface area contributed by atoms with Crippen molar-refractivity contribution in [1.29, 1.82) is 5.26 Å². The number of benzene rings is 2. The number of ketones is 1. The lowest BCUT2D eigenvalue weighted by Crippen LogP contribution is -2.12. The van der Waals surface area contributed by atoms with E-state index in [1.54, 1.807) is 48.7 Å². The first-order valence-corrected chi connectivity index (χ1v) is 7.45. The van der Waals surface area contributed by atoms with Crippen LogP contribution in [-0.4, -0.2) is 10.8 Å². The van der Waals surface area contributed by atoms with Crippen molar-refractivity contribution in [1.82, 2.24) is 4.98 Å². The summed E-state index contributed by atoms with van der Waals surface area (Å²) in [6.07, 6.45) is 1.57. The molecule has 0 unspecified atom stereocenters. The van der Waals surface area contributed by atoms with Crippen LogP contribution in [0.2, 0.25) is 0 Å². The number of hydrogen-bond acceptors (Lipinski definition) is 4. The molecule has 0 saturated heterocycles. The molecule has 0 radical (unpaired) electrons. The Morgan fingerprint density at radius 2 is 1.71 bits per heavy atom. The number of Topliss-reactive ketones (excluding diaryl/α,β-unsaturated/α-hetero) is 1. The third-order valence-electron chi connectivity index (χ3n) is 3.47. The van der Waals surface area contributed by atoms with Gasteiger partial charge in [0.25, 0.3) is 0 Å². The summed E-state index contributed by atoms with van der Waals surface area (Å²) in [7, 11) is 0. The van der Waals surface area contributed by atoms with E-state index < -0.39 is 5.92 Å². The van der Waals surface area contributed by atoms with Crippen LogP contribution in [0.25, 0.3) is 0 Å². The monoisotopic (exact) mass is 314 g/mol. The van der Waals surface area contributed by atoms with Gasteiger partial charge in [-0.2, -0.15) is 5.26 Å². The van der Waals surface area contributed by atoms with Gasteiger partial charge in [0.05, 0.1) is 11.8 Å². The summed E-state index contributed by atoms with van der Waals surface area (Å²) in [6, 6.07) is 23.3. The Balaban J connectivity index is 1.85. The fraction of sp³-hybridized carbons (Fsp3) is 0.0500. The van der Waals surface area contributed by atoms with E-state index in [0.29, 0.717) is 22.8 Å². The van der Waals surface area contributed by atoms with Crippen LogP contribution in [0.3, 0.4) is 0 Å². The number of pyridine rings is 1. The van der Waals surface area contributed by atoms with Gasteiger partial charge in [-0.05, 0) is 36.4 Å². The van der Waals surface area contributed by atoms with Crippen molar-refractivity contribution < 1.29 is 9.53 Å². The molecule has 0 aliphatic rings. The molecule has 4 nitrogen and oxygen atoms in total. The highest BCUT2D eigenvalue weighted by atomic mass is 16.5. The largest absolute Gasteiger partial charge is 0.457 e. The van der Waals surface area contributed by atoms with Crippen molar-refractivity contribution in [2.24, 2.45) is 0 Å². The molecule has 0 aliphatic carbocycles. The van der Waals surface area contributed by atoms with Gasteiger partial charge in [-0.1, -0.05) is 36.4 Å². The fourth-order valence-electron chi connectivity index (χ4n) is 2.31. The maximum Gasteiger partial charge on any atom is 0.186 e. The van der Waals surface area contributed by atoms with Gasteiger partial charge in [0.15, 0.2) is 11.7 Å². The van der Waals surface area contributed by atoms with Crippen LogP contribution >= 0.6 is 0 Å². The number of carbonyl (C=O) groups is 1.